The van der Waals surface area contributed by atoms with Crippen LogP contribution in [0.5, 0.6) is 11.5 Å². The third-order valence-electron chi connectivity index (χ3n) is 7.16. The highest BCUT2D eigenvalue weighted by Gasteiger charge is 2.19. The number of nitrogens with two attached hydrogens (primary N) is 1. The van der Waals surface area contributed by atoms with Gasteiger partial charge in [0.05, 0.1) is 27.6 Å². The minimum atomic E-state index is -0.969. The number of nitrogens with zero attached hydrogens (tertiary/aromatic N) is 3. The van der Waals surface area contributed by atoms with E-state index in [2.05, 4.69) is 36.8 Å². The standard InChI is InChI=1S/C35H32F3N7O/c1-17(2)40-19(5)20-6-10-28-30(14-20)44-34(42-28)22-12-26(37)32(27(38)13-22)46-23-8-9-24(25(36)16-23)35-43-29-11-7-21(15-31(29)45-35)33(39)41-18(3)4/h6-18,40H,5H2,1-4H3,(H2,39,41)(H,42,44)(H,43,45). The van der Waals surface area contributed by atoms with Gasteiger partial charge in [-0.15, -0.1) is 0 Å². The summed E-state index contributed by atoms with van der Waals surface area (Å²) in [6, 6.07) is 17.3. The fraction of sp³-hybridized carbons (Fsp3) is 0.171. The molecule has 0 unspecified atom stereocenters. The molecule has 2 aromatic heterocycles. The largest absolute Gasteiger partial charge is 0.451 e. The first-order valence-electron chi connectivity index (χ1n) is 14.7. The van der Waals surface area contributed by atoms with Crippen molar-refractivity contribution in [3.8, 4) is 34.3 Å². The summed E-state index contributed by atoms with van der Waals surface area (Å²) in [7, 11) is 0. The molecule has 0 bridgehead atoms. The summed E-state index contributed by atoms with van der Waals surface area (Å²) in [5, 5.41) is 3.26. The van der Waals surface area contributed by atoms with Crippen LogP contribution in [0.15, 0.2) is 78.3 Å². The highest BCUT2D eigenvalue weighted by molar-refractivity contribution is 6.00. The van der Waals surface area contributed by atoms with Crippen molar-refractivity contribution in [2.75, 3.05) is 0 Å². The van der Waals surface area contributed by atoms with E-state index in [1.165, 1.54) is 12.1 Å². The lowest BCUT2D eigenvalue weighted by Gasteiger charge is -2.12. The number of benzene rings is 4. The second-order valence-electron chi connectivity index (χ2n) is 11.5. The maximum absolute atomic E-state index is 15.3. The van der Waals surface area contributed by atoms with Crippen LogP contribution in [0.25, 0.3) is 50.5 Å². The molecule has 2 heterocycles. The number of nitrogens with one attached hydrogen (secondary N) is 3. The zero-order valence-corrected chi connectivity index (χ0v) is 25.7. The second kappa shape index (κ2) is 12.1. The molecule has 4 aromatic carbocycles. The molecule has 0 aliphatic carbocycles. The Bertz CT molecular complexity index is 2120. The van der Waals surface area contributed by atoms with E-state index in [9.17, 15) is 0 Å². The highest BCUT2D eigenvalue weighted by atomic mass is 19.1. The van der Waals surface area contributed by atoms with Crippen molar-refractivity contribution < 1.29 is 17.9 Å². The number of fused-ring (bicyclic) bond motifs is 2. The number of amidine groups is 1. The Morgan fingerprint density at radius 1 is 0.804 bits per heavy atom. The molecule has 6 rings (SSSR count). The van der Waals surface area contributed by atoms with Crippen LogP contribution in [0.1, 0.15) is 38.8 Å². The van der Waals surface area contributed by atoms with Crippen molar-refractivity contribution >= 4 is 33.6 Å². The summed E-state index contributed by atoms with van der Waals surface area (Å²) in [5.41, 5.74) is 11.3. The van der Waals surface area contributed by atoms with Crippen molar-refractivity contribution in [2.45, 2.75) is 39.8 Å². The van der Waals surface area contributed by atoms with Crippen LogP contribution in [0.2, 0.25) is 0 Å². The molecule has 0 amide bonds. The predicted molar refractivity (Wildman–Crippen MR) is 176 cm³/mol. The van der Waals surface area contributed by atoms with E-state index < -0.39 is 23.2 Å². The lowest BCUT2D eigenvalue weighted by atomic mass is 10.1. The Kier molecular flexibility index (Phi) is 7.99. The fourth-order valence-electron chi connectivity index (χ4n) is 5.08. The van der Waals surface area contributed by atoms with Gasteiger partial charge in [-0.3, -0.25) is 4.99 Å². The van der Waals surface area contributed by atoms with Crippen LogP contribution < -0.4 is 15.8 Å². The van der Waals surface area contributed by atoms with Crippen LogP contribution in [-0.4, -0.2) is 37.9 Å². The zero-order chi connectivity index (χ0) is 32.7. The number of imidazole rings is 2. The molecule has 0 atom stereocenters. The molecular weight excluding hydrogens is 591 g/mol. The van der Waals surface area contributed by atoms with E-state index in [0.717, 1.165) is 29.5 Å². The molecule has 11 heteroatoms. The van der Waals surface area contributed by atoms with Gasteiger partial charge in [0.2, 0.25) is 0 Å². The molecule has 0 aliphatic rings. The van der Waals surface area contributed by atoms with Crippen molar-refractivity contribution in [3.63, 3.8) is 0 Å². The van der Waals surface area contributed by atoms with Crippen LogP contribution in [0.3, 0.4) is 0 Å². The van der Waals surface area contributed by atoms with Gasteiger partial charge in [-0.25, -0.2) is 23.1 Å². The summed E-state index contributed by atoms with van der Waals surface area (Å²) < 4.78 is 51.1. The van der Waals surface area contributed by atoms with E-state index >= 15 is 13.2 Å². The lowest BCUT2D eigenvalue weighted by molar-refractivity contribution is 0.405. The topological polar surface area (TPSA) is 117 Å². The Labute approximate surface area is 263 Å². The predicted octanol–water partition coefficient (Wildman–Crippen LogP) is 8.07. The van der Waals surface area contributed by atoms with Crippen LogP contribution in [0, 0.1) is 17.5 Å². The minimum Gasteiger partial charge on any atom is -0.451 e. The number of aromatic amines is 2. The van der Waals surface area contributed by atoms with E-state index in [1.54, 1.807) is 18.2 Å². The maximum atomic E-state index is 15.3. The summed E-state index contributed by atoms with van der Waals surface area (Å²) >= 11 is 0. The van der Waals surface area contributed by atoms with Gasteiger partial charge in [-0.1, -0.05) is 12.6 Å². The third kappa shape index (κ3) is 6.16. The molecule has 6 aromatic rings. The zero-order valence-electron chi connectivity index (χ0n) is 25.7. The average molecular weight is 624 g/mol. The molecule has 0 fully saturated rings. The molecule has 5 N–H and O–H groups in total. The second-order valence-corrected chi connectivity index (χ2v) is 11.5. The van der Waals surface area contributed by atoms with Gasteiger partial charge in [0, 0.05) is 35.0 Å². The van der Waals surface area contributed by atoms with Crippen LogP contribution in [-0.2, 0) is 0 Å². The Hall–Kier alpha value is -5.58. The van der Waals surface area contributed by atoms with Crippen LogP contribution >= 0.6 is 0 Å². The first-order valence-corrected chi connectivity index (χ1v) is 14.7. The monoisotopic (exact) mass is 623 g/mol. The van der Waals surface area contributed by atoms with E-state index in [0.29, 0.717) is 33.5 Å². The van der Waals surface area contributed by atoms with Crippen molar-refractivity contribution in [1.29, 1.82) is 0 Å². The van der Waals surface area contributed by atoms with E-state index in [4.69, 9.17) is 10.5 Å². The van der Waals surface area contributed by atoms with Gasteiger partial charge in [0.25, 0.3) is 0 Å². The summed E-state index contributed by atoms with van der Waals surface area (Å²) in [5.74, 6) is -2.44. The smallest absolute Gasteiger partial charge is 0.198 e. The average Bonchev–Trinajstić information content (AvgIpc) is 3.62. The van der Waals surface area contributed by atoms with Gasteiger partial charge in [0.15, 0.2) is 17.4 Å². The minimum absolute atomic E-state index is 0.0342. The normalized spacial score (nSPS) is 12.1. The van der Waals surface area contributed by atoms with Crippen molar-refractivity contribution in [2.24, 2.45) is 10.7 Å². The molecule has 0 radical (unpaired) electrons. The first-order chi connectivity index (χ1) is 21.9. The number of ether oxygens (including phenoxy) is 1. The molecule has 0 spiro atoms. The summed E-state index contributed by atoms with van der Waals surface area (Å²) in [4.78, 5) is 19.5. The molecule has 0 aliphatic heterocycles. The van der Waals surface area contributed by atoms with Crippen molar-refractivity contribution in [1.82, 2.24) is 25.3 Å². The van der Waals surface area contributed by atoms with Gasteiger partial charge >= 0.3 is 0 Å². The van der Waals surface area contributed by atoms with Gasteiger partial charge < -0.3 is 25.8 Å². The van der Waals surface area contributed by atoms with E-state index in [-0.39, 0.29) is 40.6 Å². The quantitative estimate of drug-likeness (QED) is 0.0960. The summed E-state index contributed by atoms with van der Waals surface area (Å²) in [6.45, 7) is 11.9. The third-order valence-corrected chi connectivity index (χ3v) is 7.16. The number of hydrogen-bond acceptors (Lipinski definition) is 5. The number of rotatable bonds is 9. The lowest BCUT2D eigenvalue weighted by Crippen LogP contribution is -2.20. The van der Waals surface area contributed by atoms with Crippen molar-refractivity contribution in [3.05, 3.63) is 102 Å². The molecular formula is C35H32F3N7O. The SMILES string of the molecule is C=C(NC(C)C)c1ccc2nc(-c3cc(F)c(Oc4ccc(-c5nc6ccc(C(N)=NC(C)C)cc6[nH]5)c(F)c4)c(F)c3)[nH]c2c1. The Morgan fingerprint density at radius 2 is 1.41 bits per heavy atom. The van der Waals surface area contributed by atoms with Crippen LogP contribution in [0.4, 0.5) is 13.2 Å². The Balaban J connectivity index is 1.23. The number of aromatic nitrogens is 4. The number of halogens is 3. The molecule has 46 heavy (non-hydrogen) atoms. The number of H-pyrrole nitrogens is 2. The first kappa shape index (κ1) is 30.4. The molecule has 0 saturated carbocycles. The molecule has 8 nitrogen and oxygen atoms in total. The van der Waals surface area contributed by atoms with Gasteiger partial charge in [-0.2, -0.15) is 0 Å². The van der Waals surface area contributed by atoms with Gasteiger partial charge in [0.1, 0.15) is 29.1 Å². The molecule has 0 saturated heterocycles. The molecule has 234 valence electrons. The number of aliphatic imine (C=N–C) groups is 1. The highest BCUT2D eigenvalue weighted by Crippen LogP contribution is 2.34. The number of hydrogen-bond donors (Lipinski definition) is 4. The Morgan fingerprint density at radius 3 is 2.04 bits per heavy atom. The van der Waals surface area contributed by atoms with E-state index in [1.807, 2.05) is 45.9 Å². The fourth-order valence-corrected chi connectivity index (χ4v) is 5.08. The van der Waals surface area contributed by atoms with Gasteiger partial charge in [-0.05, 0) is 87.9 Å². The summed E-state index contributed by atoms with van der Waals surface area (Å²) in [6.07, 6.45) is 0. The maximum Gasteiger partial charge on any atom is 0.198 e.